The molecule has 0 fully saturated rings. The third-order valence-electron chi connectivity index (χ3n) is 3.29. The molecule has 0 aliphatic carbocycles. The number of rotatable bonds is 5. The summed E-state index contributed by atoms with van der Waals surface area (Å²) in [6, 6.07) is 8.64. The molecule has 25 heavy (non-hydrogen) atoms. The number of esters is 1. The van der Waals surface area contributed by atoms with Crippen LogP contribution in [0.3, 0.4) is 0 Å². The SMILES string of the molecule is Cc1ccc(/C=C/C(=O)O[C@H](C)C(=O)Nc2cccnc2Cl)cc1Cl. The van der Waals surface area contributed by atoms with Gasteiger partial charge in [-0.25, -0.2) is 9.78 Å². The number of hydrogen-bond donors (Lipinski definition) is 1. The summed E-state index contributed by atoms with van der Waals surface area (Å²) in [5.41, 5.74) is 2.05. The number of carbonyl (C=O) groups is 2. The first-order chi connectivity index (χ1) is 11.9. The summed E-state index contributed by atoms with van der Waals surface area (Å²) in [6.07, 6.45) is 3.32. The Morgan fingerprint density at radius 1 is 1.28 bits per heavy atom. The van der Waals surface area contributed by atoms with Gasteiger partial charge in [-0.05, 0) is 49.2 Å². The first-order valence-corrected chi connectivity index (χ1v) is 8.18. The molecule has 0 saturated carbocycles. The maximum Gasteiger partial charge on any atom is 0.331 e. The molecule has 1 N–H and O–H groups in total. The number of aromatic nitrogens is 1. The molecule has 0 bridgehead atoms. The maximum absolute atomic E-state index is 12.0. The Hall–Kier alpha value is -2.37. The monoisotopic (exact) mass is 378 g/mol. The number of pyridine rings is 1. The third-order valence-corrected chi connectivity index (χ3v) is 4.00. The Kier molecular flexibility index (Phi) is 6.56. The van der Waals surface area contributed by atoms with Crippen molar-refractivity contribution in [2.24, 2.45) is 0 Å². The van der Waals surface area contributed by atoms with Crippen molar-refractivity contribution in [3.05, 3.63) is 63.9 Å². The van der Waals surface area contributed by atoms with Gasteiger partial charge in [0, 0.05) is 17.3 Å². The highest BCUT2D eigenvalue weighted by molar-refractivity contribution is 6.32. The molecule has 1 atom stereocenters. The van der Waals surface area contributed by atoms with Crippen molar-refractivity contribution in [3.63, 3.8) is 0 Å². The van der Waals surface area contributed by atoms with Gasteiger partial charge in [-0.15, -0.1) is 0 Å². The number of hydrogen-bond acceptors (Lipinski definition) is 4. The molecular weight excluding hydrogens is 363 g/mol. The van der Waals surface area contributed by atoms with Crippen LogP contribution in [0.2, 0.25) is 10.2 Å². The molecule has 0 saturated heterocycles. The Bertz CT molecular complexity index is 822. The lowest BCUT2D eigenvalue weighted by Crippen LogP contribution is -2.29. The molecule has 0 aliphatic heterocycles. The molecule has 130 valence electrons. The fourth-order valence-corrected chi connectivity index (χ4v) is 2.21. The number of halogens is 2. The fourth-order valence-electron chi connectivity index (χ4n) is 1.86. The lowest BCUT2D eigenvalue weighted by Gasteiger charge is -2.12. The van der Waals surface area contributed by atoms with Crippen LogP contribution in [0.4, 0.5) is 5.69 Å². The van der Waals surface area contributed by atoms with Crippen molar-refractivity contribution in [1.82, 2.24) is 4.98 Å². The molecule has 1 heterocycles. The highest BCUT2D eigenvalue weighted by atomic mass is 35.5. The fraction of sp³-hybridized carbons (Fsp3) is 0.167. The summed E-state index contributed by atoms with van der Waals surface area (Å²) in [6.45, 7) is 3.35. The average molecular weight is 379 g/mol. The van der Waals surface area contributed by atoms with Crippen LogP contribution in [0.15, 0.2) is 42.6 Å². The van der Waals surface area contributed by atoms with Gasteiger partial charge in [0.25, 0.3) is 5.91 Å². The van der Waals surface area contributed by atoms with Crippen LogP contribution in [-0.2, 0) is 14.3 Å². The highest BCUT2D eigenvalue weighted by Gasteiger charge is 2.17. The second kappa shape index (κ2) is 8.65. The van der Waals surface area contributed by atoms with Crippen LogP contribution in [0.25, 0.3) is 6.08 Å². The van der Waals surface area contributed by atoms with Crippen molar-refractivity contribution >= 4 is 46.8 Å². The Labute approximate surface area is 155 Å². The Morgan fingerprint density at radius 2 is 2.04 bits per heavy atom. The van der Waals surface area contributed by atoms with E-state index in [0.717, 1.165) is 11.1 Å². The minimum absolute atomic E-state index is 0.158. The molecule has 7 heteroatoms. The van der Waals surface area contributed by atoms with Gasteiger partial charge in [0.1, 0.15) is 0 Å². The zero-order chi connectivity index (χ0) is 18.4. The van der Waals surface area contributed by atoms with Crippen LogP contribution in [0, 0.1) is 6.92 Å². The van der Waals surface area contributed by atoms with Gasteiger partial charge in [0.05, 0.1) is 5.69 Å². The molecule has 2 aromatic rings. The summed E-state index contributed by atoms with van der Waals surface area (Å²) in [7, 11) is 0. The summed E-state index contributed by atoms with van der Waals surface area (Å²) in [4.78, 5) is 27.7. The highest BCUT2D eigenvalue weighted by Crippen LogP contribution is 2.18. The van der Waals surface area contributed by atoms with Gasteiger partial charge in [-0.3, -0.25) is 4.79 Å². The number of ether oxygens (including phenoxy) is 1. The smallest absolute Gasteiger partial charge is 0.331 e. The number of aryl methyl sites for hydroxylation is 1. The van der Waals surface area contributed by atoms with Gasteiger partial charge in [-0.1, -0.05) is 35.3 Å². The lowest BCUT2D eigenvalue weighted by atomic mass is 10.1. The van der Waals surface area contributed by atoms with Crippen molar-refractivity contribution < 1.29 is 14.3 Å². The van der Waals surface area contributed by atoms with E-state index in [2.05, 4.69) is 10.3 Å². The molecule has 0 aliphatic rings. The van der Waals surface area contributed by atoms with Crippen LogP contribution < -0.4 is 5.32 Å². The van der Waals surface area contributed by atoms with Crippen molar-refractivity contribution in [3.8, 4) is 0 Å². The predicted molar refractivity (Wildman–Crippen MR) is 98.7 cm³/mol. The zero-order valence-electron chi connectivity index (χ0n) is 13.6. The average Bonchev–Trinajstić information content (AvgIpc) is 2.58. The topological polar surface area (TPSA) is 68.3 Å². The third kappa shape index (κ3) is 5.59. The molecule has 0 spiro atoms. The number of anilines is 1. The van der Waals surface area contributed by atoms with Gasteiger partial charge >= 0.3 is 5.97 Å². The number of nitrogens with zero attached hydrogens (tertiary/aromatic N) is 1. The minimum atomic E-state index is -0.991. The normalized spacial score (nSPS) is 12.0. The Morgan fingerprint density at radius 3 is 2.72 bits per heavy atom. The summed E-state index contributed by atoms with van der Waals surface area (Å²) >= 11 is 11.9. The van der Waals surface area contributed by atoms with Gasteiger partial charge in [-0.2, -0.15) is 0 Å². The van der Waals surface area contributed by atoms with Crippen LogP contribution in [0.5, 0.6) is 0 Å². The first-order valence-electron chi connectivity index (χ1n) is 7.43. The molecule has 5 nitrogen and oxygen atoms in total. The quantitative estimate of drug-likeness (QED) is 0.478. The number of benzene rings is 1. The van der Waals surface area contributed by atoms with Gasteiger partial charge in [0.15, 0.2) is 11.3 Å². The summed E-state index contributed by atoms with van der Waals surface area (Å²) in [5, 5.41) is 3.32. The second-order valence-electron chi connectivity index (χ2n) is 5.25. The lowest BCUT2D eigenvalue weighted by molar-refractivity contribution is -0.148. The van der Waals surface area contributed by atoms with Gasteiger partial charge in [0.2, 0.25) is 0 Å². The minimum Gasteiger partial charge on any atom is -0.449 e. The first kappa shape index (κ1) is 19.0. The maximum atomic E-state index is 12.0. The van der Waals surface area contributed by atoms with Crippen LogP contribution in [-0.4, -0.2) is 23.0 Å². The van der Waals surface area contributed by atoms with E-state index >= 15 is 0 Å². The van der Waals surface area contributed by atoms with Crippen molar-refractivity contribution in [2.45, 2.75) is 20.0 Å². The van der Waals surface area contributed by atoms with Crippen LogP contribution in [0.1, 0.15) is 18.1 Å². The molecular formula is C18H16Cl2N2O3. The van der Waals surface area contributed by atoms with Crippen LogP contribution >= 0.6 is 23.2 Å². The number of carbonyl (C=O) groups excluding carboxylic acids is 2. The van der Waals surface area contributed by atoms with E-state index in [9.17, 15) is 9.59 Å². The van der Waals surface area contributed by atoms with E-state index in [0.29, 0.717) is 10.7 Å². The molecule has 1 aromatic heterocycles. The summed E-state index contributed by atoms with van der Waals surface area (Å²) < 4.78 is 5.07. The van der Waals surface area contributed by atoms with E-state index < -0.39 is 18.0 Å². The molecule has 0 radical (unpaired) electrons. The molecule has 2 rings (SSSR count). The summed E-state index contributed by atoms with van der Waals surface area (Å²) in [5.74, 6) is -1.15. The Balaban J connectivity index is 1.92. The second-order valence-corrected chi connectivity index (χ2v) is 6.02. The predicted octanol–water partition coefficient (Wildman–Crippen LogP) is 4.28. The largest absolute Gasteiger partial charge is 0.449 e. The molecule has 1 aromatic carbocycles. The van der Waals surface area contributed by atoms with E-state index in [1.165, 1.54) is 19.2 Å². The van der Waals surface area contributed by atoms with Crippen molar-refractivity contribution in [1.29, 1.82) is 0 Å². The van der Waals surface area contributed by atoms with E-state index in [1.807, 2.05) is 19.1 Å². The van der Waals surface area contributed by atoms with E-state index in [1.54, 1.807) is 24.3 Å². The van der Waals surface area contributed by atoms with Crippen molar-refractivity contribution in [2.75, 3.05) is 5.32 Å². The zero-order valence-corrected chi connectivity index (χ0v) is 15.1. The van der Waals surface area contributed by atoms with E-state index in [-0.39, 0.29) is 5.15 Å². The number of amides is 1. The standard InChI is InChI=1S/C18H16Cl2N2O3/c1-11-5-6-13(10-14(11)19)7-8-16(23)25-12(2)18(24)22-15-4-3-9-21-17(15)20/h3-10,12H,1-2H3,(H,22,24)/b8-7+/t12-/m1/s1. The molecule has 1 amide bonds. The number of nitrogens with one attached hydrogen (secondary N) is 1. The van der Waals surface area contributed by atoms with Gasteiger partial charge < -0.3 is 10.1 Å². The molecule has 0 unspecified atom stereocenters. The van der Waals surface area contributed by atoms with E-state index in [4.69, 9.17) is 27.9 Å².